The van der Waals surface area contributed by atoms with Crippen LogP contribution < -0.4 is 5.32 Å². The third-order valence-electron chi connectivity index (χ3n) is 4.62. The molecule has 0 aromatic rings. The molecule has 2 aliphatic carbocycles. The van der Waals surface area contributed by atoms with E-state index in [1.807, 2.05) is 0 Å². The summed E-state index contributed by atoms with van der Waals surface area (Å²) < 4.78 is 0. The molecule has 0 aliphatic heterocycles. The van der Waals surface area contributed by atoms with Gasteiger partial charge in [-0.25, -0.2) is 0 Å². The van der Waals surface area contributed by atoms with Crippen molar-refractivity contribution < 1.29 is 9.90 Å². The lowest BCUT2D eigenvalue weighted by atomic mass is 9.75. The van der Waals surface area contributed by atoms with E-state index in [0.29, 0.717) is 6.54 Å². The number of carbonyl (C=O) groups is 1. The van der Waals surface area contributed by atoms with E-state index < -0.39 is 5.60 Å². The van der Waals surface area contributed by atoms with Crippen molar-refractivity contribution in [1.29, 1.82) is 0 Å². The Balaban J connectivity index is 1.84. The molecular formula is C14H25NO2. The van der Waals surface area contributed by atoms with Crippen LogP contribution in [0.25, 0.3) is 0 Å². The lowest BCUT2D eigenvalue weighted by molar-refractivity contribution is -0.133. The summed E-state index contributed by atoms with van der Waals surface area (Å²) in [5.41, 5.74) is -0.812. The van der Waals surface area contributed by atoms with Gasteiger partial charge in [-0.05, 0) is 25.7 Å². The quantitative estimate of drug-likeness (QED) is 0.794. The van der Waals surface area contributed by atoms with Gasteiger partial charge in [0, 0.05) is 12.0 Å². The Bertz CT molecular complexity index is 276. The second kappa shape index (κ2) is 4.97. The molecule has 2 aliphatic rings. The van der Waals surface area contributed by atoms with Gasteiger partial charge in [0.25, 0.3) is 0 Å². The standard InChI is InChI=1S/C14H25NO2/c1-13(7-3-2-4-8-13)12(16)15-11-14(17)9-5-6-10-14/h17H,2-11H2,1H3,(H,15,16). The van der Waals surface area contributed by atoms with Crippen LogP contribution in [-0.4, -0.2) is 23.2 Å². The molecule has 2 rings (SSSR count). The van der Waals surface area contributed by atoms with E-state index >= 15 is 0 Å². The van der Waals surface area contributed by atoms with Gasteiger partial charge in [-0.3, -0.25) is 4.79 Å². The Kier molecular flexibility index (Phi) is 3.76. The maximum absolute atomic E-state index is 12.2. The summed E-state index contributed by atoms with van der Waals surface area (Å²) in [4.78, 5) is 12.2. The van der Waals surface area contributed by atoms with Gasteiger partial charge in [0.15, 0.2) is 0 Å². The van der Waals surface area contributed by atoms with E-state index in [0.717, 1.165) is 51.4 Å². The van der Waals surface area contributed by atoms with Crippen LogP contribution in [0.2, 0.25) is 0 Å². The largest absolute Gasteiger partial charge is 0.388 e. The third-order valence-corrected chi connectivity index (χ3v) is 4.62. The Hall–Kier alpha value is -0.570. The van der Waals surface area contributed by atoms with E-state index in [9.17, 15) is 9.90 Å². The highest BCUT2D eigenvalue weighted by atomic mass is 16.3. The van der Waals surface area contributed by atoms with E-state index in [2.05, 4.69) is 12.2 Å². The van der Waals surface area contributed by atoms with Crippen molar-refractivity contribution in [3.05, 3.63) is 0 Å². The predicted octanol–water partition coefficient (Wildman–Crippen LogP) is 2.38. The molecule has 2 N–H and O–H groups in total. The number of carbonyl (C=O) groups excluding carboxylic acids is 1. The van der Waals surface area contributed by atoms with Gasteiger partial charge >= 0.3 is 0 Å². The van der Waals surface area contributed by atoms with Crippen LogP contribution in [0.5, 0.6) is 0 Å². The Morgan fingerprint density at radius 1 is 1.06 bits per heavy atom. The normalized spacial score (nSPS) is 26.7. The van der Waals surface area contributed by atoms with Crippen molar-refractivity contribution in [2.45, 2.75) is 70.3 Å². The number of amides is 1. The van der Waals surface area contributed by atoms with Crippen molar-refractivity contribution >= 4 is 5.91 Å². The Morgan fingerprint density at radius 2 is 1.59 bits per heavy atom. The van der Waals surface area contributed by atoms with Gasteiger partial charge in [0.1, 0.15) is 0 Å². The molecule has 0 saturated heterocycles. The van der Waals surface area contributed by atoms with Crippen LogP contribution in [0.3, 0.4) is 0 Å². The average molecular weight is 239 g/mol. The first-order chi connectivity index (χ1) is 8.04. The van der Waals surface area contributed by atoms with Gasteiger partial charge in [0.2, 0.25) is 5.91 Å². The van der Waals surface area contributed by atoms with E-state index in [1.54, 1.807) is 0 Å². The van der Waals surface area contributed by atoms with E-state index in [1.165, 1.54) is 6.42 Å². The summed E-state index contributed by atoms with van der Waals surface area (Å²) in [5.74, 6) is 0.150. The molecule has 1 amide bonds. The van der Waals surface area contributed by atoms with Crippen LogP contribution in [0.1, 0.15) is 64.7 Å². The zero-order valence-electron chi connectivity index (χ0n) is 10.9. The summed E-state index contributed by atoms with van der Waals surface area (Å²) in [5, 5.41) is 13.2. The molecule has 0 heterocycles. The summed E-state index contributed by atoms with van der Waals surface area (Å²) in [7, 11) is 0. The first-order valence-electron chi connectivity index (χ1n) is 7.05. The summed E-state index contributed by atoms with van der Waals surface area (Å²) in [6.07, 6.45) is 9.42. The number of hydrogen-bond acceptors (Lipinski definition) is 2. The molecule has 17 heavy (non-hydrogen) atoms. The lowest BCUT2D eigenvalue weighted by Crippen LogP contribution is -2.47. The smallest absolute Gasteiger partial charge is 0.226 e. The van der Waals surface area contributed by atoms with Crippen molar-refractivity contribution in [3.63, 3.8) is 0 Å². The van der Waals surface area contributed by atoms with Crippen LogP contribution >= 0.6 is 0 Å². The molecule has 98 valence electrons. The van der Waals surface area contributed by atoms with Gasteiger partial charge in [-0.15, -0.1) is 0 Å². The molecule has 0 atom stereocenters. The fourth-order valence-corrected chi connectivity index (χ4v) is 3.23. The van der Waals surface area contributed by atoms with E-state index in [4.69, 9.17) is 0 Å². The summed E-state index contributed by atoms with van der Waals surface area (Å²) in [6.45, 7) is 2.52. The SMILES string of the molecule is CC1(C(=O)NCC2(O)CCCC2)CCCCC1. The molecule has 0 radical (unpaired) electrons. The Morgan fingerprint density at radius 3 is 2.18 bits per heavy atom. The second-order valence-electron chi connectivity index (χ2n) is 6.24. The monoisotopic (exact) mass is 239 g/mol. The maximum atomic E-state index is 12.2. The first kappa shape index (κ1) is 12.9. The number of aliphatic hydroxyl groups is 1. The summed E-state index contributed by atoms with van der Waals surface area (Å²) in [6, 6.07) is 0. The topological polar surface area (TPSA) is 49.3 Å². The van der Waals surface area contributed by atoms with E-state index in [-0.39, 0.29) is 11.3 Å². The fraction of sp³-hybridized carbons (Fsp3) is 0.929. The van der Waals surface area contributed by atoms with Crippen LogP contribution in [0.15, 0.2) is 0 Å². The molecular weight excluding hydrogens is 214 g/mol. The highest BCUT2D eigenvalue weighted by Gasteiger charge is 2.37. The molecule has 0 spiro atoms. The molecule has 0 bridgehead atoms. The molecule has 0 aromatic heterocycles. The fourth-order valence-electron chi connectivity index (χ4n) is 3.23. The minimum Gasteiger partial charge on any atom is -0.388 e. The third kappa shape index (κ3) is 3.01. The number of hydrogen-bond donors (Lipinski definition) is 2. The van der Waals surface area contributed by atoms with Gasteiger partial charge < -0.3 is 10.4 Å². The van der Waals surface area contributed by atoms with Crippen molar-refractivity contribution in [1.82, 2.24) is 5.32 Å². The molecule has 2 saturated carbocycles. The van der Waals surface area contributed by atoms with Gasteiger partial charge in [0.05, 0.1) is 5.60 Å². The van der Waals surface area contributed by atoms with Crippen LogP contribution in [-0.2, 0) is 4.79 Å². The van der Waals surface area contributed by atoms with Crippen molar-refractivity contribution in [2.24, 2.45) is 5.41 Å². The van der Waals surface area contributed by atoms with Crippen molar-refractivity contribution in [3.8, 4) is 0 Å². The molecule has 0 aromatic carbocycles. The van der Waals surface area contributed by atoms with Crippen LogP contribution in [0.4, 0.5) is 0 Å². The zero-order chi connectivity index (χ0) is 12.4. The molecule has 3 nitrogen and oxygen atoms in total. The predicted molar refractivity (Wildman–Crippen MR) is 67.6 cm³/mol. The number of nitrogens with one attached hydrogen (secondary N) is 1. The first-order valence-corrected chi connectivity index (χ1v) is 7.05. The van der Waals surface area contributed by atoms with Crippen molar-refractivity contribution in [2.75, 3.05) is 6.54 Å². The lowest BCUT2D eigenvalue weighted by Gasteiger charge is -2.33. The second-order valence-corrected chi connectivity index (χ2v) is 6.24. The molecule has 2 fully saturated rings. The van der Waals surface area contributed by atoms with Gasteiger partial charge in [-0.1, -0.05) is 39.0 Å². The van der Waals surface area contributed by atoms with Crippen LogP contribution in [0, 0.1) is 5.41 Å². The number of rotatable bonds is 3. The zero-order valence-corrected chi connectivity index (χ0v) is 10.9. The molecule has 0 unspecified atom stereocenters. The minimum absolute atomic E-state index is 0.150. The summed E-state index contributed by atoms with van der Waals surface area (Å²) >= 11 is 0. The van der Waals surface area contributed by atoms with Gasteiger partial charge in [-0.2, -0.15) is 0 Å². The Labute approximate surface area is 104 Å². The highest BCUT2D eigenvalue weighted by Crippen LogP contribution is 2.36. The highest BCUT2D eigenvalue weighted by molar-refractivity contribution is 5.82. The molecule has 3 heteroatoms. The maximum Gasteiger partial charge on any atom is 0.226 e. The average Bonchev–Trinajstić information content (AvgIpc) is 2.75. The minimum atomic E-state index is -0.624.